The van der Waals surface area contributed by atoms with E-state index in [1.54, 1.807) is 0 Å². The third-order valence-corrected chi connectivity index (χ3v) is 3.44. The van der Waals surface area contributed by atoms with Crippen LogP contribution < -0.4 is 5.32 Å². The van der Waals surface area contributed by atoms with Gasteiger partial charge >= 0.3 is 0 Å². The van der Waals surface area contributed by atoms with Crippen LogP contribution in [0.15, 0.2) is 36.4 Å². The Morgan fingerprint density at radius 2 is 1.76 bits per heavy atom. The lowest BCUT2D eigenvalue weighted by Crippen LogP contribution is -2.06. The van der Waals surface area contributed by atoms with Gasteiger partial charge in [0, 0.05) is 17.5 Å². The van der Waals surface area contributed by atoms with Gasteiger partial charge in [-0.1, -0.05) is 24.3 Å². The molecule has 3 aromatic rings. The molecular formula is C17H18N4. The number of rotatable bonds is 3. The Bertz CT molecular complexity index is 796. The van der Waals surface area contributed by atoms with E-state index in [-0.39, 0.29) is 0 Å². The maximum atomic E-state index is 4.73. The number of benzene rings is 1. The van der Waals surface area contributed by atoms with Crippen LogP contribution in [0.1, 0.15) is 18.3 Å². The molecule has 1 aromatic carbocycles. The smallest absolute Gasteiger partial charge is 0.133 e. The second kappa shape index (κ2) is 5.48. The first-order valence-corrected chi connectivity index (χ1v) is 7.14. The number of aryl methyl sites for hydroxylation is 1. The SMILES string of the molecule is CCNc1nc(C)nc(-c2ccc3ccccc3n2)c1C. The van der Waals surface area contributed by atoms with Gasteiger partial charge in [0.1, 0.15) is 11.6 Å². The van der Waals surface area contributed by atoms with E-state index in [0.717, 1.165) is 46.0 Å². The highest BCUT2D eigenvalue weighted by Gasteiger charge is 2.12. The van der Waals surface area contributed by atoms with Crippen molar-refractivity contribution in [3.8, 4) is 11.4 Å². The van der Waals surface area contributed by atoms with Gasteiger partial charge < -0.3 is 5.32 Å². The molecule has 0 spiro atoms. The molecule has 3 rings (SSSR count). The van der Waals surface area contributed by atoms with Crippen molar-refractivity contribution >= 4 is 16.7 Å². The summed E-state index contributed by atoms with van der Waals surface area (Å²) in [6.45, 7) is 6.83. The van der Waals surface area contributed by atoms with Crippen molar-refractivity contribution in [3.05, 3.63) is 47.8 Å². The van der Waals surface area contributed by atoms with Crippen molar-refractivity contribution in [2.24, 2.45) is 0 Å². The van der Waals surface area contributed by atoms with Gasteiger partial charge in [-0.15, -0.1) is 0 Å². The molecule has 21 heavy (non-hydrogen) atoms. The maximum absolute atomic E-state index is 4.73. The molecule has 0 aliphatic rings. The molecule has 0 saturated heterocycles. The average Bonchev–Trinajstić information content (AvgIpc) is 2.50. The fourth-order valence-electron chi connectivity index (χ4n) is 2.42. The third kappa shape index (κ3) is 2.57. The summed E-state index contributed by atoms with van der Waals surface area (Å²) in [5, 5.41) is 4.42. The lowest BCUT2D eigenvalue weighted by Gasteiger charge is -2.12. The molecule has 1 N–H and O–H groups in total. The zero-order valence-corrected chi connectivity index (χ0v) is 12.5. The van der Waals surface area contributed by atoms with E-state index in [1.807, 2.05) is 38.1 Å². The Morgan fingerprint density at radius 1 is 0.952 bits per heavy atom. The highest BCUT2D eigenvalue weighted by Crippen LogP contribution is 2.26. The molecule has 0 aliphatic carbocycles. The van der Waals surface area contributed by atoms with Crippen molar-refractivity contribution in [2.75, 3.05) is 11.9 Å². The predicted molar refractivity (Wildman–Crippen MR) is 86.4 cm³/mol. The first kappa shape index (κ1) is 13.5. The number of nitrogens with zero attached hydrogens (tertiary/aromatic N) is 3. The molecule has 0 amide bonds. The first-order valence-electron chi connectivity index (χ1n) is 7.14. The summed E-state index contributed by atoms with van der Waals surface area (Å²) in [6.07, 6.45) is 0. The second-order valence-corrected chi connectivity index (χ2v) is 5.01. The van der Waals surface area contributed by atoms with Crippen LogP contribution in [0.25, 0.3) is 22.3 Å². The third-order valence-electron chi connectivity index (χ3n) is 3.44. The minimum atomic E-state index is 0.751. The van der Waals surface area contributed by atoms with E-state index in [9.17, 15) is 0 Å². The Kier molecular flexibility index (Phi) is 3.52. The summed E-state index contributed by atoms with van der Waals surface area (Å²) in [5.41, 5.74) is 3.79. The van der Waals surface area contributed by atoms with Gasteiger partial charge in [0.05, 0.1) is 16.9 Å². The van der Waals surface area contributed by atoms with Gasteiger partial charge in [-0.2, -0.15) is 0 Å². The van der Waals surface area contributed by atoms with E-state index in [1.165, 1.54) is 0 Å². The molecule has 0 fully saturated rings. The number of pyridine rings is 1. The van der Waals surface area contributed by atoms with E-state index in [2.05, 4.69) is 34.3 Å². The Labute approximate surface area is 124 Å². The first-order chi connectivity index (χ1) is 10.2. The fraction of sp³-hybridized carbons (Fsp3) is 0.235. The van der Waals surface area contributed by atoms with E-state index in [0.29, 0.717) is 0 Å². The van der Waals surface area contributed by atoms with Gasteiger partial charge in [0.15, 0.2) is 0 Å². The summed E-state index contributed by atoms with van der Waals surface area (Å²) in [4.78, 5) is 13.8. The number of hydrogen-bond donors (Lipinski definition) is 1. The molecular weight excluding hydrogens is 260 g/mol. The number of aromatic nitrogens is 3. The summed E-state index contributed by atoms with van der Waals surface area (Å²) in [7, 11) is 0. The summed E-state index contributed by atoms with van der Waals surface area (Å²) in [5.74, 6) is 1.64. The molecule has 4 heteroatoms. The summed E-state index contributed by atoms with van der Waals surface area (Å²) < 4.78 is 0. The largest absolute Gasteiger partial charge is 0.370 e. The van der Waals surface area contributed by atoms with Crippen molar-refractivity contribution in [1.29, 1.82) is 0 Å². The van der Waals surface area contributed by atoms with Crippen molar-refractivity contribution < 1.29 is 0 Å². The number of para-hydroxylation sites is 1. The van der Waals surface area contributed by atoms with Crippen LogP contribution in [0.5, 0.6) is 0 Å². The van der Waals surface area contributed by atoms with Crippen molar-refractivity contribution in [3.63, 3.8) is 0 Å². The Balaban J connectivity index is 2.17. The zero-order chi connectivity index (χ0) is 14.8. The van der Waals surface area contributed by atoms with Crippen LogP contribution in [-0.2, 0) is 0 Å². The van der Waals surface area contributed by atoms with Crippen LogP contribution in [-0.4, -0.2) is 21.5 Å². The molecule has 0 unspecified atom stereocenters. The zero-order valence-electron chi connectivity index (χ0n) is 12.5. The minimum absolute atomic E-state index is 0.751. The van der Waals surface area contributed by atoms with Gasteiger partial charge in [-0.3, -0.25) is 0 Å². The van der Waals surface area contributed by atoms with E-state index in [4.69, 9.17) is 4.98 Å². The highest BCUT2D eigenvalue weighted by atomic mass is 15.0. The standard InChI is InChI=1S/C17H18N4/c1-4-18-17-11(2)16(19-12(3)20-17)15-10-9-13-7-5-6-8-14(13)21-15/h5-10H,4H2,1-3H3,(H,18,19,20). The molecule has 0 radical (unpaired) electrons. The molecule has 2 aromatic heterocycles. The van der Waals surface area contributed by atoms with Crippen LogP contribution in [0.3, 0.4) is 0 Å². The molecule has 2 heterocycles. The monoisotopic (exact) mass is 278 g/mol. The van der Waals surface area contributed by atoms with Gasteiger partial charge in [0.2, 0.25) is 0 Å². The van der Waals surface area contributed by atoms with Crippen LogP contribution >= 0.6 is 0 Å². The van der Waals surface area contributed by atoms with Gasteiger partial charge in [0.25, 0.3) is 0 Å². The van der Waals surface area contributed by atoms with Crippen LogP contribution in [0.4, 0.5) is 5.82 Å². The maximum Gasteiger partial charge on any atom is 0.133 e. The van der Waals surface area contributed by atoms with E-state index < -0.39 is 0 Å². The van der Waals surface area contributed by atoms with Gasteiger partial charge in [-0.25, -0.2) is 15.0 Å². The predicted octanol–water partition coefficient (Wildman–Crippen LogP) is 3.74. The molecule has 0 saturated carbocycles. The summed E-state index contributed by atoms with van der Waals surface area (Å²) in [6, 6.07) is 12.2. The van der Waals surface area contributed by atoms with Crippen molar-refractivity contribution in [2.45, 2.75) is 20.8 Å². The number of hydrogen-bond acceptors (Lipinski definition) is 4. The van der Waals surface area contributed by atoms with E-state index >= 15 is 0 Å². The Hall–Kier alpha value is -2.49. The van der Waals surface area contributed by atoms with Gasteiger partial charge in [-0.05, 0) is 32.9 Å². The fourth-order valence-corrected chi connectivity index (χ4v) is 2.42. The van der Waals surface area contributed by atoms with Crippen LogP contribution in [0, 0.1) is 13.8 Å². The number of fused-ring (bicyclic) bond motifs is 1. The molecule has 0 atom stereocenters. The highest BCUT2D eigenvalue weighted by molar-refractivity contribution is 5.81. The van der Waals surface area contributed by atoms with Crippen LogP contribution in [0.2, 0.25) is 0 Å². The lowest BCUT2D eigenvalue weighted by molar-refractivity contribution is 1.01. The normalized spacial score (nSPS) is 10.8. The van der Waals surface area contributed by atoms with Crippen molar-refractivity contribution in [1.82, 2.24) is 15.0 Å². The summed E-state index contributed by atoms with van der Waals surface area (Å²) >= 11 is 0. The number of anilines is 1. The molecule has 0 aliphatic heterocycles. The topological polar surface area (TPSA) is 50.7 Å². The molecule has 106 valence electrons. The number of nitrogens with one attached hydrogen (secondary N) is 1. The second-order valence-electron chi connectivity index (χ2n) is 5.01. The molecule has 0 bridgehead atoms. The molecule has 4 nitrogen and oxygen atoms in total. The average molecular weight is 278 g/mol. The Morgan fingerprint density at radius 3 is 2.57 bits per heavy atom. The lowest BCUT2D eigenvalue weighted by atomic mass is 10.1. The quantitative estimate of drug-likeness (QED) is 0.793. The minimum Gasteiger partial charge on any atom is -0.370 e.